The van der Waals surface area contributed by atoms with E-state index in [9.17, 15) is 0 Å². The van der Waals surface area contributed by atoms with E-state index in [1.807, 2.05) is 13.0 Å². The monoisotopic (exact) mass is 236 g/mol. The van der Waals surface area contributed by atoms with Gasteiger partial charge in [-0.2, -0.15) is 0 Å². The number of benzene rings is 1. The number of para-hydroxylation sites is 1. The van der Waals surface area contributed by atoms with Crippen molar-refractivity contribution < 1.29 is 14.0 Å². The maximum Gasteiger partial charge on any atom is 0.183 e. The molecule has 0 saturated heterocycles. The van der Waals surface area contributed by atoms with Crippen LogP contribution in [0, 0.1) is 6.92 Å². The standard InChI is InChI=1S/C8H11NO2.C4H5NO/c1-10-7-5-3-4-6(9)8(7)11-2;1-4-2-3-5-6-4/h3-5H,9H2,1-2H3;2-3H,1H3. The second kappa shape index (κ2) is 6.42. The van der Waals surface area contributed by atoms with Crippen LogP contribution in [0.15, 0.2) is 35.0 Å². The van der Waals surface area contributed by atoms with Crippen molar-refractivity contribution in [1.82, 2.24) is 5.16 Å². The molecule has 1 aromatic heterocycles. The predicted octanol–water partition coefficient (Wildman–Crippen LogP) is 2.27. The summed E-state index contributed by atoms with van der Waals surface area (Å²) in [5, 5.41) is 3.45. The summed E-state index contributed by atoms with van der Waals surface area (Å²) in [6.45, 7) is 1.85. The lowest BCUT2D eigenvalue weighted by molar-refractivity contribution is 0.356. The largest absolute Gasteiger partial charge is 0.493 e. The van der Waals surface area contributed by atoms with E-state index < -0.39 is 0 Å². The summed E-state index contributed by atoms with van der Waals surface area (Å²) in [4.78, 5) is 0. The molecular weight excluding hydrogens is 220 g/mol. The minimum atomic E-state index is 0.590. The molecule has 92 valence electrons. The summed E-state index contributed by atoms with van der Waals surface area (Å²) < 4.78 is 14.6. The highest BCUT2D eigenvalue weighted by Crippen LogP contribution is 2.31. The zero-order valence-electron chi connectivity index (χ0n) is 10.1. The average molecular weight is 236 g/mol. The van der Waals surface area contributed by atoms with Crippen LogP contribution in [0.25, 0.3) is 0 Å². The first-order valence-corrected chi connectivity index (χ1v) is 5.02. The first-order valence-electron chi connectivity index (χ1n) is 5.02. The van der Waals surface area contributed by atoms with Crippen LogP contribution in [0.3, 0.4) is 0 Å². The molecular formula is C12H16N2O3. The Labute approximate surface area is 100 Å². The van der Waals surface area contributed by atoms with E-state index >= 15 is 0 Å². The molecule has 0 aliphatic carbocycles. The summed E-state index contributed by atoms with van der Waals surface area (Å²) in [6, 6.07) is 7.19. The molecule has 2 aromatic rings. The number of ether oxygens (including phenoxy) is 2. The minimum Gasteiger partial charge on any atom is -0.493 e. The molecule has 2 rings (SSSR count). The topological polar surface area (TPSA) is 70.5 Å². The second-order valence-corrected chi connectivity index (χ2v) is 3.21. The number of anilines is 1. The van der Waals surface area contributed by atoms with Crippen LogP contribution in [0.1, 0.15) is 5.76 Å². The second-order valence-electron chi connectivity index (χ2n) is 3.21. The third kappa shape index (κ3) is 3.71. The number of rotatable bonds is 2. The summed E-state index contributed by atoms with van der Waals surface area (Å²) in [5.41, 5.74) is 6.19. The van der Waals surface area contributed by atoms with Gasteiger partial charge < -0.3 is 19.7 Å². The fraction of sp³-hybridized carbons (Fsp3) is 0.250. The highest BCUT2D eigenvalue weighted by Gasteiger charge is 2.04. The fourth-order valence-electron chi connectivity index (χ4n) is 1.19. The Morgan fingerprint density at radius 3 is 2.29 bits per heavy atom. The highest BCUT2D eigenvalue weighted by atomic mass is 16.5. The van der Waals surface area contributed by atoms with E-state index in [1.165, 1.54) is 0 Å². The molecule has 17 heavy (non-hydrogen) atoms. The number of aryl methyl sites for hydroxylation is 1. The SMILES string of the molecule is COc1cccc(N)c1OC.Cc1ccno1. The van der Waals surface area contributed by atoms with Gasteiger partial charge in [-0.25, -0.2) is 0 Å². The van der Waals surface area contributed by atoms with Crippen molar-refractivity contribution in [3.05, 3.63) is 36.2 Å². The van der Waals surface area contributed by atoms with E-state index in [0.29, 0.717) is 17.2 Å². The smallest absolute Gasteiger partial charge is 0.183 e. The van der Waals surface area contributed by atoms with Crippen molar-refractivity contribution in [1.29, 1.82) is 0 Å². The highest BCUT2D eigenvalue weighted by molar-refractivity contribution is 5.59. The van der Waals surface area contributed by atoms with E-state index in [1.54, 1.807) is 38.6 Å². The lowest BCUT2D eigenvalue weighted by atomic mass is 10.3. The third-order valence-electron chi connectivity index (χ3n) is 2.00. The molecule has 5 nitrogen and oxygen atoms in total. The van der Waals surface area contributed by atoms with Crippen molar-refractivity contribution in [3.8, 4) is 11.5 Å². The third-order valence-corrected chi connectivity index (χ3v) is 2.00. The van der Waals surface area contributed by atoms with Crippen LogP contribution in [-0.2, 0) is 0 Å². The maximum absolute atomic E-state index is 5.60. The van der Waals surface area contributed by atoms with Crippen LogP contribution in [0.2, 0.25) is 0 Å². The fourth-order valence-corrected chi connectivity index (χ4v) is 1.19. The van der Waals surface area contributed by atoms with Gasteiger partial charge in [0, 0.05) is 6.07 Å². The van der Waals surface area contributed by atoms with E-state index in [4.69, 9.17) is 15.2 Å². The molecule has 0 atom stereocenters. The summed E-state index contributed by atoms with van der Waals surface area (Å²) >= 11 is 0. The number of hydrogen-bond acceptors (Lipinski definition) is 5. The Morgan fingerprint density at radius 2 is 1.94 bits per heavy atom. The van der Waals surface area contributed by atoms with Crippen molar-refractivity contribution in [2.75, 3.05) is 20.0 Å². The predicted molar refractivity (Wildman–Crippen MR) is 65.2 cm³/mol. The average Bonchev–Trinajstić information content (AvgIpc) is 2.80. The van der Waals surface area contributed by atoms with Crippen LogP contribution in [-0.4, -0.2) is 19.4 Å². The Hall–Kier alpha value is -2.17. The van der Waals surface area contributed by atoms with Crippen LogP contribution < -0.4 is 15.2 Å². The summed E-state index contributed by atoms with van der Waals surface area (Å²) in [5.74, 6) is 2.11. The summed E-state index contributed by atoms with van der Waals surface area (Å²) in [6.07, 6.45) is 1.62. The van der Waals surface area contributed by atoms with Gasteiger partial charge in [0.25, 0.3) is 0 Å². The zero-order valence-corrected chi connectivity index (χ0v) is 10.1. The van der Waals surface area contributed by atoms with Crippen molar-refractivity contribution in [3.63, 3.8) is 0 Å². The Balaban J connectivity index is 0.000000202. The van der Waals surface area contributed by atoms with Gasteiger partial charge in [-0.15, -0.1) is 0 Å². The first kappa shape index (κ1) is 12.9. The molecule has 0 bridgehead atoms. The zero-order chi connectivity index (χ0) is 12.7. The van der Waals surface area contributed by atoms with E-state index in [-0.39, 0.29) is 0 Å². The molecule has 0 aliphatic rings. The number of nitrogens with zero attached hydrogens (tertiary/aromatic N) is 1. The number of nitrogen functional groups attached to an aromatic ring is 1. The quantitative estimate of drug-likeness (QED) is 0.810. The van der Waals surface area contributed by atoms with Crippen molar-refractivity contribution >= 4 is 5.69 Å². The molecule has 0 saturated carbocycles. The van der Waals surface area contributed by atoms with Gasteiger partial charge in [0.1, 0.15) is 5.76 Å². The van der Waals surface area contributed by atoms with Gasteiger partial charge >= 0.3 is 0 Å². The lowest BCUT2D eigenvalue weighted by Crippen LogP contribution is -1.95. The Kier molecular flexibility index (Phi) is 4.87. The number of hydrogen-bond donors (Lipinski definition) is 1. The molecule has 0 aliphatic heterocycles. The molecule has 0 amide bonds. The Bertz CT molecular complexity index is 441. The van der Waals surface area contributed by atoms with Gasteiger partial charge in [0.05, 0.1) is 26.1 Å². The van der Waals surface area contributed by atoms with Crippen molar-refractivity contribution in [2.45, 2.75) is 6.92 Å². The van der Waals surface area contributed by atoms with Gasteiger partial charge in [-0.1, -0.05) is 11.2 Å². The number of aromatic nitrogens is 1. The molecule has 1 aromatic carbocycles. The summed E-state index contributed by atoms with van der Waals surface area (Å²) in [7, 11) is 3.14. The molecule has 0 spiro atoms. The van der Waals surface area contributed by atoms with Crippen LogP contribution in [0.5, 0.6) is 11.5 Å². The molecule has 1 heterocycles. The molecule has 2 N–H and O–H groups in total. The van der Waals surface area contributed by atoms with Crippen LogP contribution in [0.4, 0.5) is 5.69 Å². The molecule has 0 unspecified atom stereocenters. The molecule has 5 heteroatoms. The number of nitrogens with two attached hydrogens (primary N) is 1. The van der Waals surface area contributed by atoms with Gasteiger partial charge in [0.15, 0.2) is 11.5 Å². The molecule has 0 fully saturated rings. The number of methoxy groups -OCH3 is 2. The van der Waals surface area contributed by atoms with Gasteiger partial charge in [-0.3, -0.25) is 0 Å². The van der Waals surface area contributed by atoms with Crippen molar-refractivity contribution in [2.24, 2.45) is 0 Å². The minimum absolute atomic E-state index is 0.590. The Morgan fingerprint density at radius 1 is 1.18 bits per heavy atom. The maximum atomic E-state index is 5.60. The lowest BCUT2D eigenvalue weighted by Gasteiger charge is -2.08. The normalized spacial score (nSPS) is 9.12. The van der Waals surface area contributed by atoms with E-state index in [2.05, 4.69) is 9.68 Å². The van der Waals surface area contributed by atoms with Gasteiger partial charge in [0.2, 0.25) is 0 Å². The van der Waals surface area contributed by atoms with Crippen LogP contribution >= 0.6 is 0 Å². The van der Waals surface area contributed by atoms with Gasteiger partial charge in [-0.05, 0) is 19.1 Å². The molecule has 0 radical (unpaired) electrons. The van der Waals surface area contributed by atoms with E-state index in [0.717, 1.165) is 5.76 Å². The first-order chi connectivity index (χ1) is 8.19.